The summed E-state index contributed by atoms with van der Waals surface area (Å²) in [6.07, 6.45) is -3.91. The summed E-state index contributed by atoms with van der Waals surface area (Å²) in [5.74, 6) is -1.53. The molecule has 2 N–H and O–H groups in total. The van der Waals surface area contributed by atoms with E-state index in [1.807, 2.05) is 0 Å². The van der Waals surface area contributed by atoms with E-state index in [9.17, 15) is 13.2 Å². The SMILES string of the molecule is COc1cnc(N)c(OC(F)(F)F)c1C#N. The van der Waals surface area contributed by atoms with Crippen molar-refractivity contribution >= 4 is 5.82 Å². The van der Waals surface area contributed by atoms with Crippen LogP contribution in [0.5, 0.6) is 11.5 Å². The first-order valence-corrected chi connectivity index (χ1v) is 3.87. The van der Waals surface area contributed by atoms with Crippen LogP contribution in [0.4, 0.5) is 19.0 Å². The molecule has 0 saturated heterocycles. The fraction of sp³-hybridized carbons (Fsp3) is 0.250. The Morgan fingerprint density at radius 2 is 2.12 bits per heavy atom. The van der Waals surface area contributed by atoms with Gasteiger partial charge in [-0.2, -0.15) is 5.26 Å². The predicted octanol–water partition coefficient (Wildman–Crippen LogP) is 1.44. The fourth-order valence-electron chi connectivity index (χ4n) is 0.971. The predicted molar refractivity (Wildman–Crippen MR) is 46.6 cm³/mol. The van der Waals surface area contributed by atoms with E-state index in [0.717, 1.165) is 6.20 Å². The van der Waals surface area contributed by atoms with E-state index in [-0.39, 0.29) is 5.75 Å². The first-order valence-electron chi connectivity index (χ1n) is 3.87. The van der Waals surface area contributed by atoms with Gasteiger partial charge in [-0.25, -0.2) is 4.98 Å². The Bertz CT molecular complexity index is 439. The second-order valence-electron chi connectivity index (χ2n) is 2.58. The topological polar surface area (TPSA) is 81.2 Å². The van der Waals surface area contributed by atoms with Crippen LogP contribution < -0.4 is 15.2 Å². The summed E-state index contributed by atoms with van der Waals surface area (Å²) in [6, 6.07) is 1.51. The average molecular weight is 233 g/mol. The van der Waals surface area contributed by atoms with E-state index in [0.29, 0.717) is 0 Å². The molecule has 0 saturated carbocycles. The smallest absolute Gasteiger partial charge is 0.494 e. The number of ether oxygens (including phenoxy) is 2. The number of anilines is 1. The van der Waals surface area contributed by atoms with Crippen molar-refractivity contribution in [2.75, 3.05) is 12.8 Å². The van der Waals surface area contributed by atoms with E-state index in [2.05, 4.69) is 14.5 Å². The maximum atomic E-state index is 12.0. The van der Waals surface area contributed by atoms with E-state index < -0.39 is 23.5 Å². The third-order valence-electron chi connectivity index (χ3n) is 1.58. The summed E-state index contributed by atoms with van der Waals surface area (Å²) < 4.78 is 44.3. The summed E-state index contributed by atoms with van der Waals surface area (Å²) in [5, 5.41) is 8.69. The van der Waals surface area contributed by atoms with Gasteiger partial charge in [-0.15, -0.1) is 13.2 Å². The molecule has 0 spiro atoms. The molecule has 0 amide bonds. The first-order chi connectivity index (χ1) is 7.39. The summed E-state index contributed by atoms with van der Waals surface area (Å²) in [7, 11) is 1.19. The zero-order chi connectivity index (χ0) is 12.3. The zero-order valence-electron chi connectivity index (χ0n) is 8.00. The number of hydrogen-bond acceptors (Lipinski definition) is 5. The average Bonchev–Trinajstić information content (AvgIpc) is 2.19. The van der Waals surface area contributed by atoms with Gasteiger partial charge in [-0.05, 0) is 0 Å². The van der Waals surface area contributed by atoms with Crippen molar-refractivity contribution in [1.82, 2.24) is 4.98 Å². The van der Waals surface area contributed by atoms with Crippen LogP contribution in [0.15, 0.2) is 6.20 Å². The molecule has 1 heterocycles. The van der Waals surface area contributed by atoms with Crippen LogP contribution in [-0.2, 0) is 0 Å². The number of nitriles is 1. The van der Waals surface area contributed by atoms with Crippen LogP contribution in [0.3, 0.4) is 0 Å². The molecule has 0 aliphatic carbocycles. The van der Waals surface area contributed by atoms with Crippen LogP contribution in [0.25, 0.3) is 0 Å². The van der Waals surface area contributed by atoms with Gasteiger partial charge in [0, 0.05) is 0 Å². The summed E-state index contributed by atoms with van der Waals surface area (Å²) in [5.41, 5.74) is 4.73. The third-order valence-corrected chi connectivity index (χ3v) is 1.58. The van der Waals surface area contributed by atoms with Gasteiger partial charge in [0.15, 0.2) is 17.3 Å². The van der Waals surface area contributed by atoms with Crippen LogP contribution in [0.1, 0.15) is 5.56 Å². The number of alkyl halides is 3. The summed E-state index contributed by atoms with van der Waals surface area (Å²) >= 11 is 0. The van der Waals surface area contributed by atoms with Crippen molar-refractivity contribution < 1.29 is 22.6 Å². The van der Waals surface area contributed by atoms with E-state index in [4.69, 9.17) is 11.0 Å². The fourth-order valence-corrected chi connectivity index (χ4v) is 0.971. The molecule has 0 bridgehead atoms. The molecule has 8 heteroatoms. The molecular formula is C8H6F3N3O2. The highest BCUT2D eigenvalue weighted by Crippen LogP contribution is 2.35. The van der Waals surface area contributed by atoms with Crippen LogP contribution in [0.2, 0.25) is 0 Å². The number of methoxy groups -OCH3 is 1. The molecule has 86 valence electrons. The minimum Gasteiger partial charge on any atom is -0.494 e. The van der Waals surface area contributed by atoms with Crippen LogP contribution >= 0.6 is 0 Å². The maximum absolute atomic E-state index is 12.0. The molecule has 0 fully saturated rings. The second-order valence-corrected chi connectivity index (χ2v) is 2.58. The number of nitrogen functional groups attached to an aromatic ring is 1. The molecule has 0 unspecified atom stereocenters. The Morgan fingerprint density at radius 1 is 1.50 bits per heavy atom. The van der Waals surface area contributed by atoms with Gasteiger partial charge in [-0.3, -0.25) is 0 Å². The largest absolute Gasteiger partial charge is 0.573 e. The highest BCUT2D eigenvalue weighted by molar-refractivity contribution is 5.61. The normalized spacial score (nSPS) is 10.7. The number of nitrogens with two attached hydrogens (primary N) is 1. The maximum Gasteiger partial charge on any atom is 0.573 e. The second kappa shape index (κ2) is 4.14. The van der Waals surface area contributed by atoms with Gasteiger partial charge in [0.2, 0.25) is 0 Å². The molecule has 1 rings (SSSR count). The number of halogens is 3. The Kier molecular flexibility index (Phi) is 3.08. The number of rotatable bonds is 2. The van der Waals surface area contributed by atoms with Gasteiger partial charge >= 0.3 is 6.36 Å². The number of nitrogens with zero attached hydrogens (tertiary/aromatic N) is 2. The van der Waals surface area contributed by atoms with Gasteiger partial charge in [0.25, 0.3) is 0 Å². The summed E-state index contributed by atoms with van der Waals surface area (Å²) in [6.45, 7) is 0. The van der Waals surface area contributed by atoms with Crippen LogP contribution in [0, 0.1) is 11.3 Å². The van der Waals surface area contributed by atoms with E-state index in [1.54, 1.807) is 0 Å². The molecule has 1 aromatic heterocycles. The molecule has 0 atom stereocenters. The lowest BCUT2D eigenvalue weighted by Gasteiger charge is -2.13. The zero-order valence-corrected chi connectivity index (χ0v) is 8.00. The van der Waals surface area contributed by atoms with Crippen molar-refractivity contribution in [3.63, 3.8) is 0 Å². The highest BCUT2D eigenvalue weighted by Gasteiger charge is 2.34. The Labute approximate surface area is 88.2 Å². The number of hydrogen-bond donors (Lipinski definition) is 1. The molecule has 1 aromatic rings. The van der Waals surface area contributed by atoms with E-state index in [1.165, 1.54) is 13.2 Å². The standard InChI is InChI=1S/C8H6F3N3O2/c1-15-5-3-14-7(13)6(4(5)2-12)16-8(9,10)11/h3H,1H3,(H2,13,14). The lowest BCUT2D eigenvalue weighted by Crippen LogP contribution is -2.19. The van der Waals surface area contributed by atoms with Crippen molar-refractivity contribution in [2.24, 2.45) is 0 Å². The van der Waals surface area contributed by atoms with Crippen molar-refractivity contribution in [1.29, 1.82) is 5.26 Å². The van der Waals surface area contributed by atoms with E-state index >= 15 is 0 Å². The highest BCUT2D eigenvalue weighted by atomic mass is 19.4. The molecule has 0 aromatic carbocycles. The Balaban J connectivity index is 3.31. The molecule has 0 radical (unpaired) electrons. The monoisotopic (exact) mass is 233 g/mol. The Morgan fingerprint density at radius 3 is 2.56 bits per heavy atom. The summed E-state index contributed by atoms with van der Waals surface area (Å²) in [4.78, 5) is 3.42. The molecule has 5 nitrogen and oxygen atoms in total. The van der Waals surface area contributed by atoms with Gasteiger partial charge in [-0.1, -0.05) is 0 Å². The molecule has 16 heavy (non-hydrogen) atoms. The van der Waals surface area contributed by atoms with Crippen molar-refractivity contribution in [3.05, 3.63) is 11.8 Å². The van der Waals surface area contributed by atoms with Gasteiger partial charge in [0.1, 0.15) is 11.6 Å². The quantitative estimate of drug-likeness (QED) is 0.835. The number of aromatic nitrogens is 1. The molecule has 0 aliphatic heterocycles. The minimum atomic E-state index is -4.95. The Hall–Kier alpha value is -2.17. The third kappa shape index (κ3) is 2.44. The first kappa shape index (κ1) is 11.9. The molecule has 0 aliphatic rings. The van der Waals surface area contributed by atoms with Gasteiger partial charge in [0.05, 0.1) is 13.3 Å². The van der Waals surface area contributed by atoms with Crippen molar-refractivity contribution in [2.45, 2.75) is 6.36 Å². The van der Waals surface area contributed by atoms with Crippen LogP contribution in [-0.4, -0.2) is 18.5 Å². The lowest BCUT2D eigenvalue weighted by molar-refractivity contribution is -0.274. The number of pyridine rings is 1. The van der Waals surface area contributed by atoms with Gasteiger partial charge < -0.3 is 15.2 Å². The van der Waals surface area contributed by atoms with Crippen molar-refractivity contribution in [3.8, 4) is 17.6 Å². The minimum absolute atomic E-state index is 0.143. The molecular weight excluding hydrogens is 227 g/mol. The lowest BCUT2D eigenvalue weighted by atomic mass is 10.2.